The SMILES string of the molecule is CN1CCN(CCn2ccc3cccc(C=O)c32)CC1. The molecule has 1 aliphatic rings. The zero-order valence-corrected chi connectivity index (χ0v) is 12.0. The molecule has 3 rings (SSSR count). The number of benzene rings is 1. The Bertz CT molecular complexity index is 597. The third-order valence-electron chi connectivity index (χ3n) is 4.20. The molecule has 0 bridgehead atoms. The highest BCUT2D eigenvalue weighted by molar-refractivity contribution is 5.96. The number of carbonyl (C=O) groups is 1. The molecule has 2 aromatic rings. The first-order chi connectivity index (χ1) is 9.78. The number of aromatic nitrogens is 1. The Morgan fingerprint density at radius 2 is 1.90 bits per heavy atom. The van der Waals surface area contributed by atoms with E-state index in [-0.39, 0.29) is 0 Å². The lowest BCUT2D eigenvalue weighted by molar-refractivity contribution is 0.112. The van der Waals surface area contributed by atoms with E-state index in [1.165, 1.54) is 0 Å². The fourth-order valence-corrected chi connectivity index (χ4v) is 2.89. The van der Waals surface area contributed by atoms with Crippen LogP contribution in [0.5, 0.6) is 0 Å². The van der Waals surface area contributed by atoms with Gasteiger partial charge in [0, 0.05) is 56.4 Å². The summed E-state index contributed by atoms with van der Waals surface area (Å²) in [6.45, 7) is 6.55. The van der Waals surface area contributed by atoms with Crippen LogP contribution in [0.3, 0.4) is 0 Å². The summed E-state index contributed by atoms with van der Waals surface area (Å²) in [5.41, 5.74) is 1.85. The predicted octanol–water partition coefficient (Wildman–Crippen LogP) is 1.70. The van der Waals surface area contributed by atoms with Gasteiger partial charge in [-0.1, -0.05) is 12.1 Å². The molecule has 4 heteroatoms. The van der Waals surface area contributed by atoms with E-state index >= 15 is 0 Å². The van der Waals surface area contributed by atoms with Crippen LogP contribution in [0.1, 0.15) is 10.4 Å². The van der Waals surface area contributed by atoms with Crippen LogP contribution < -0.4 is 0 Å². The Kier molecular flexibility index (Phi) is 3.85. The largest absolute Gasteiger partial charge is 0.346 e. The first-order valence-corrected chi connectivity index (χ1v) is 7.22. The summed E-state index contributed by atoms with van der Waals surface area (Å²) in [4.78, 5) is 16.0. The number of para-hydroxylation sites is 1. The lowest BCUT2D eigenvalue weighted by atomic mass is 10.1. The second-order valence-corrected chi connectivity index (χ2v) is 5.56. The van der Waals surface area contributed by atoms with Crippen LogP contribution >= 0.6 is 0 Å². The Balaban J connectivity index is 1.73. The van der Waals surface area contributed by atoms with Gasteiger partial charge in [0.2, 0.25) is 0 Å². The van der Waals surface area contributed by atoms with Crippen molar-refractivity contribution in [3.8, 4) is 0 Å². The van der Waals surface area contributed by atoms with Gasteiger partial charge in [0.25, 0.3) is 0 Å². The zero-order valence-electron chi connectivity index (χ0n) is 12.0. The molecule has 2 heterocycles. The molecule has 0 unspecified atom stereocenters. The Hall–Kier alpha value is -1.65. The average molecular weight is 271 g/mol. The zero-order chi connectivity index (χ0) is 13.9. The van der Waals surface area contributed by atoms with E-state index in [1.807, 2.05) is 12.1 Å². The van der Waals surface area contributed by atoms with Crippen molar-refractivity contribution in [3.05, 3.63) is 36.0 Å². The minimum Gasteiger partial charge on any atom is -0.346 e. The summed E-state index contributed by atoms with van der Waals surface area (Å²) < 4.78 is 2.21. The predicted molar refractivity (Wildman–Crippen MR) is 81.3 cm³/mol. The number of rotatable bonds is 4. The molecule has 1 aromatic heterocycles. The second-order valence-electron chi connectivity index (χ2n) is 5.56. The molecule has 0 aliphatic carbocycles. The number of carbonyl (C=O) groups excluding carboxylic acids is 1. The van der Waals surface area contributed by atoms with Gasteiger partial charge in [-0.2, -0.15) is 0 Å². The number of aldehydes is 1. The summed E-state index contributed by atoms with van der Waals surface area (Å²) in [6, 6.07) is 7.99. The summed E-state index contributed by atoms with van der Waals surface area (Å²) in [7, 11) is 2.17. The third kappa shape index (κ3) is 2.62. The molecule has 0 radical (unpaired) electrons. The van der Waals surface area contributed by atoms with E-state index in [9.17, 15) is 4.79 Å². The topological polar surface area (TPSA) is 28.5 Å². The molecule has 1 saturated heterocycles. The number of hydrogen-bond donors (Lipinski definition) is 0. The first-order valence-electron chi connectivity index (χ1n) is 7.22. The molecule has 4 nitrogen and oxygen atoms in total. The van der Waals surface area contributed by atoms with Crippen LogP contribution in [0, 0.1) is 0 Å². The molecule has 20 heavy (non-hydrogen) atoms. The smallest absolute Gasteiger partial charge is 0.152 e. The summed E-state index contributed by atoms with van der Waals surface area (Å²) in [6.07, 6.45) is 3.04. The van der Waals surface area contributed by atoms with Gasteiger partial charge in [-0.25, -0.2) is 0 Å². The van der Waals surface area contributed by atoms with Crippen LogP contribution in [0.25, 0.3) is 10.9 Å². The number of likely N-dealkylation sites (N-methyl/N-ethyl adjacent to an activating group) is 1. The van der Waals surface area contributed by atoms with E-state index < -0.39 is 0 Å². The highest BCUT2D eigenvalue weighted by atomic mass is 16.1. The van der Waals surface area contributed by atoms with Gasteiger partial charge in [0.1, 0.15) is 0 Å². The van der Waals surface area contributed by atoms with Crippen molar-refractivity contribution in [2.24, 2.45) is 0 Å². The molecular weight excluding hydrogens is 250 g/mol. The summed E-state index contributed by atoms with van der Waals surface area (Å²) in [5.74, 6) is 0. The quantitative estimate of drug-likeness (QED) is 0.793. The summed E-state index contributed by atoms with van der Waals surface area (Å²) >= 11 is 0. The van der Waals surface area contributed by atoms with E-state index in [4.69, 9.17) is 0 Å². The Morgan fingerprint density at radius 1 is 1.10 bits per heavy atom. The second kappa shape index (κ2) is 5.77. The van der Waals surface area contributed by atoms with E-state index in [0.29, 0.717) is 0 Å². The molecule has 0 saturated carbocycles. The monoisotopic (exact) mass is 271 g/mol. The van der Waals surface area contributed by atoms with Gasteiger partial charge in [0.05, 0.1) is 5.52 Å². The fraction of sp³-hybridized carbons (Fsp3) is 0.438. The maximum Gasteiger partial charge on any atom is 0.152 e. The number of fused-ring (bicyclic) bond motifs is 1. The van der Waals surface area contributed by atoms with Crippen molar-refractivity contribution in [2.45, 2.75) is 6.54 Å². The Labute approximate surface area is 119 Å². The number of piperazine rings is 1. The van der Waals surface area contributed by atoms with Crippen LogP contribution in [0.15, 0.2) is 30.5 Å². The maximum absolute atomic E-state index is 11.2. The van der Waals surface area contributed by atoms with Gasteiger partial charge in [0.15, 0.2) is 6.29 Å². The molecule has 0 spiro atoms. The molecule has 0 atom stereocenters. The lowest BCUT2D eigenvalue weighted by Gasteiger charge is -2.32. The third-order valence-corrected chi connectivity index (χ3v) is 4.20. The van der Waals surface area contributed by atoms with Gasteiger partial charge in [-0.15, -0.1) is 0 Å². The van der Waals surface area contributed by atoms with Crippen molar-refractivity contribution in [3.63, 3.8) is 0 Å². The lowest BCUT2D eigenvalue weighted by Crippen LogP contribution is -2.45. The molecular formula is C16H21N3O. The molecule has 0 amide bonds. The molecule has 1 fully saturated rings. The Morgan fingerprint density at radius 3 is 2.65 bits per heavy atom. The van der Waals surface area contributed by atoms with Crippen molar-refractivity contribution < 1.29 is 4.79 Å². The van der Waals surface area contributed by atoms with Crippen molar-refractivity contribution in [1.29, 1.82) is 0 Å². The highest BCUT2D eigenvalue weighted by Crippen LogP contribution is 2.19. The van der Waals surface area contributed by atoms with E-state index in [1.54, 1.807) is 0 Å². The minimum absolute atomic E-state index is 0.783. The molecule has 106 valence electrons. The van der Waals surface area contributed by atoms with Crippen molar-refractivity contribution in [2.75, 3.05) is 39.8 Å². The molecule has 1 aromatic carbocycles. The van der Waals surface area contributed by atoms with Gasteiger partial charge >= 0.3 is 0 Å². The minimum atomic E-state index is 0.783. The van der Waals surface area contributed by atoms with E-state index in [0.717, 1.165) is 62.0 Å². The summed E-state index contributed by atoms with van der Waals surface area (Å²) in [5, 5.41) is 1.15. The molecule has 0 N–H and O–H groups in total. The maximum atomic E-state index is 11.2. The van der Waals surface area contributed by atoms with Gasteiger partial charge < -0.3 is 9.47 Å². The van der Waals surface area contributed by atoms with Crippen molar-refractivity contribution in [1.82, 2.24) is 14.4 Å². The number of hydrogen-bond acceptors (Lipinski definition) is 3. The number of nitrogens with zero attached hydrogens (tertiary/aromatic N) is 3. The van der Waals surface area contributed by atoms with Gasteiger partial charge in [-0.3, -0.25) is 9.69 Å². The van der Waals surface area contributed by atoms with E-state index in [2.05, 4.69) is 39.7 Å². The normalized spacial score (nSPS) is 17.6. The first kappa shape index (κ1) is 13.3. The van der Waals surface area contributed by atoms with Crippen molar-refractivity contribution >= 4 is 17.2 Å². The van der Waals surface area contributed by atoms with Crippen LogP contribution in [0.2, 0.25) is 0 Å². The van der Waals surface area contributed by atoms with Gasteiger partial charge in [-0.05, 0) is 19.2 Å². The van der Waals surface area contributed by atoms with Crippen LogP contribution in [-0.4, -0.2) is 60.4 Å². The average Bonchev–Trinajstić information content (AvgIpc) is 2.90. The van der Waals surface area contributed by atoms with Crippen LogP contribution in [0.4, 0.5) is 0 Å². The van der Waals surface area contributed by atoms with Crippen LogP contribution in [-0.2, 0) is 6.54 Å². The fourth-order valence-electron chi connectivity index (χ4n) is 2.89. The molecule has 1 aliphatic heterocycles. The highest BCUT2D eigenvalue weighted by Gasteiger charge is 2.14. The standard InChI is InChI=1S/C16H21N3O/c1-17-7-9-18(10-8-17)11-12-19-6-5-14-3-2-4-15(13-20)16(14)19/h2-6,13H,7-12H2,1H3.